The van der Waals surface area contributed by atoms with E-state index in [-0.39, 0.29) is 29.4 Å². The van der Waals surface area contributed by atoms with Crippen molar-refractivity contribution in [2.24, 2.45) is 5.16 Å². The predicted octanol–water partition coefficient (Wildman–Crippen LogP) is -0.122. The molecule has 0 unspecified atom stereocenters. The molecule has 2 atom stereocenters. The Morgan fingerprint density at radius 1 is 1.28 bits per heavy atom. The van der Waals surface area contributed by atoms with E-state index >= 15 is 0 Å². The lowest BCUT2D eigenvalue weighted by molar-refractivity contribution is -0.150. The van der Waals surface area contributed by atoms with Crippen molar-refractivity contribution >= 4 is 53.2 Å². The quantitative estimate of drug-likeness (QED) is 0.156. The van der Waals surface area contributed by atoms with E-state index in [2.05, 4.69) is 15.8 Å². The van der Waals surface area contributed by atoms with Crippen LogP contribution in [-0.4, -0.2) is 99.8 Å². The normalized spacial score (nSPS) is 18.9. The SMILES string of the molecule is CC(=O)OCC1=C(C(=O)O)N2C(=O)[C@@H](NC(=O)/C(=N\OC(C)(C)C(=O)NC(=O)N(C)C)c3ccco3)[C@H]2SC1. The van der Waals surface area contributed by atoms with Gasteiger partial charge in [0, 0.05) is 32.3 Å². The van der Waals surface area contributed by atoms with Gasteiger partial charge >= 0.3 is 18.0 Å². The van der Waals surface area contributed by atoms with Gasteiger partial charge in [-0.2, -0.15) is 0 Å². The first-order chi connectivity index (χ1) is 18.2. The molecule has 39 heavy (non-hydrogen) atoms. The number of rotatable bonds is 9. The molecule has 16 heteroatoms. The molecular weight excluding hydrogens is 538 g/mol. The molecule has 0 radical (unpaired) electrons. The summed E-state index contributed by atoms with van der Waals surface area (Å²) in [7, 11) is 2.88. The standard InChI is InChI=1S/C23H27N5O10S/c1-11(29)37-9-12-10-39-19-15(18(31)28(19)16(12)20(32)33)24-17(30)14(13-7-6-8-36-13)26-38-23(2,3)21(34)25-22(35)27(4)5/h6-8,15,19H,9-10H2,1-5H3,(H,24,30)(H,32,33)(H,25,34,35)/b26-14-/t15-,19-/m1/s1. The molecule has 1 fully saturated rings. The lowest BCUT2D eigenvalue weighted by Crippen LogP contribution is -2.71. The molecule has 0 saturated carbocycles. The number of carbonyl (C=O) groups is 6. The fourth-order valence-electron chi connectivity index (χ4n) is 3.36. The number of nitrogens with one attached hydrogen (secondary N) is 2. The van der Waals surface area contributed by atoms with E-state index in [1.807, 2.05) is 0 Å². The van der Waals surface area contributed by atoms with Gasteiger partial charge in [0.05, 0.1) is 6.26 Å². The molecule has 1 saturated heterocycles. The van der Waals surface area contributed by atoms with Crippen LogP contribution in [0, 0.1) is 0 Å². The van der Waals surface area contributed by atoms with E-state index in [1.54, 1.807) is 0 Å². The van der Waals surface area contributed by atoms with Crippen LogP contribution in [0.5, 0.6) is 0 Å². The van der Waals surface area contributed by atoms with Gasteiger partial charge in [-0.25, -0.2) is 9.59 Å². The van der Waals surface area contributed by atoms with Crippen LogP contribution in [0.15, 0.2) is 39.2 Å². The predicted molar refractivity (Wildman–Crippen MR) is 134 cm³/mol. The largest absolute Gasteiger partial charge is 0.477 e. The van der Waals surface area contributed by atoms with E-state index in [0.29, 0.717) is 0 Å². The lowest BCUT2D eigenvalue weighted by atomic mass is 10.0. The number of β-lactam (4-membered cyclic amide) rings is 1. The smallest absolute Gasteiger partial charge is 0.352 e. The van der Waals surface area contributed by atoms with Crippen molar-refractivity contribution in [1.82, 2.24) is 20.4 Å². The van der Waals surface area contributed by atoms with Crippen LogP contribution in [0.3, 0.4) is 0 Å². The Balaban J connectivity index is 1.78. The monoisotopic (exact) mass is 565 g/mol. The Morgan fingerprint density at radius 2 is 1.97 bits per heavy atom. The number of fused-ring (bicyclic) bond motifs is 1. The summed E-state index contributed by atoms with van der Waals surface area (Å²) >= 11 is 1.18. The number of urea groups is 1. The molecule has 1 aromatic heterocycles. The van der Waals surface area contributed by atoms with E-state index < -0.39 is 58.4 Å². The second-order valence-corrected chi connectivity index (χ2v) is 10.2. The summed E-state index contributed by atoms with van der Waals surface area (Å²) in [6.45, 7) is 3.55. The Morgan fingerprint density at radius 3 is 2.54 bits per heavy atom. The number of amides is 5. The van der Waals surface area contributed by atoms with Crippen LogP contribution in [0.4, 0.5) is 4.79 Å². The average Bonchev–Trinajstić information content (AvgIpc) is 3.39. The van der Waals surface area contributed by atoms with Crippen molar-refractivity contribution in [3.63, 3.8) is 0 Å². The molecule has 3 N–H and O–H groups in total. The van der Waals surface area contributed by atoms with E-state index in [4.69, 9.17) is 14.0 Å². The highest BCUT2D eigenvalue weighted by atomic mass is 32.2. The Kier molecular flexibility index (Phi) is 8.68. The fraction of sp³-hybridized carbons (Fsp3) is 0.435. The topological polar surface area (TPSA) is 197 Å². The average molecular weight is 566 g/mol. The summed E-state index contributed by atoms with van der Waals surface area (Å²) in [4.78, 5) is 80.9. The first-order valence-corrected chi connectivity index (χ1v) is 12.5. The molecule has 0 aliphatic carbocycles. The number of oxime groups is 1. The number of furan rings is 1. The Labute approximate surface area is 226 Å². The number of esters is 1. The molecule has 2 aliphatic rings. The highest BCUT2D eigenvalue weighted by Crippen LogP contribution is 2.40. The maximum absolute atomic E-state index is 13.2. The van der Waals surface area contributed by atoms with E-state index in [0.717, 1.165) is 9.80 Å². The third-order valence-electron chi connectivity index (χ3n) is 5.49. The van der Waals surface area contributed by atoms with Crippen molar-refractivity contribution in [2.75, 3.05) is 26.5 Å². The van der Waals surface area contributed by atoms with Gasteiger partial charge in [-0.15, -0.1) is 11.8 Å². The van der Waals surface area contributed by atoms with Crippen LogP contribution in [0.1, 0.15) is 26.5 Å². The summed E-state index contributed by atoms with van der Waals surface area (Å²) in [5.74, 6) is -4.28. The highest BCUT2D eigenvalue weighted by Gasteiger charge is 2.54. The number of thioether (sulfide) groups is 1. The number of carboxylic acids is 1. The maximum atomic E-state index is 13.2. The zero-order valence-corrected chi connectivity index (χ0v) is 22.5. The highest BCUT2D eigenvalue weighted by molar-refractivity contribution is 8.00. The second kappa shape index (κ2) is 11.6. The van der Waals surface area contributed by atoms with Gasteiger partial charge < -0.3 is 29.3 Å². The zero-order valence-electron chi connectivity index (χ0n) is 21.7. The van der Waals surface area contributed by atoms with Crippen molar-refractivity contribution in [1.29, 1.82) is 0 Å². The van der Waals surface area contributed by atoms with Crippen LogP contribution < -0.4 is 10.6 Å². The summed E-state index contributed by atoms with van der Waals surface area (Å²) in [5.41, 5.74) is -2.15. The minimum atomic E-state index is -1.69. The number of ether oxygens (including phenoxy) is 1. The number of carbonyl (C=O) groups excluding carboxylic acids is 5. The molecule has 2 aliphatic heterocycles. The first kappa shape index (κ1) is 29.2. The van der Waals surface area contributed by atoms with Gasteiger partial charge in [0.25, 0.3) is 17.7 Å². The maximum Gasteiger partial charge on any atom is 0.352 e. The molecule has 3 heterocycles. The van der Waals surface area contributed by atoms with E-state index in [9.17, 15) is 33.9 Å². The van der Waals surface area contributed by atoms with Crippen LogP contribution in [-0.2, 0) is 33.5 Å². The van der Waals surface area contributed by atoms with Gasteiger partial charge in [-0.1, -0.05) is 5.16 Å². The third kappa shape index (κ3) is 6.39. The third-order valence-corrected chi connectivity index (χ3v) is 6.83. The molecule has 0 spiro atoms. The number of aliphatic carboxylic acids is 1. The second-order valence-electron chi connectivity index (χ2n) is 9.07. The van der Waals surface area contributed by atoms with Gasteiger partial charge in [0.15, 0.2) is 5.76 Å². The molecule has 210 valence electrons. The molecule has 15 nitrogen and oxygen atoms in total. The zero-order chi connectivity index (χ0) is 29.1. The molecule has 0 aromatic carbocycles. The van der Waals surface area contributed by atoms with Crippen molar-refractivity contribution in [2.45, 2.75) is 37.8 Å². The van der Waals surface area contributed by atoms with Crippen molar-refractivity contribution < 1.29 is 47.9 Å². The number of carboxylic acid groups (broad SMARTS) is 1. The molecule has 0 bridgehead atoms. The summed E-state index contributed by atoms with van der Waals surface area (Å²) in [6.07, 6.45) is 1.27. The molecular formula is C23H27N5O10S. The fourth-order valence-corrected chi connectivity index (χ4v) is 4.69. The van der Waals surface area contributed by atoms with Crippen molar-refractivity contribution in [3.8, 4) is 0 Å². The Hall–Kier alpha value is -4.34. The number of imide groups is 1. The summed E-state index contributed by atoms with van der Waals surface area (Å²) < 4.78 is 10.2. The summed E-state index contributed by atoms with van der Waals surface area (Å²) in [5, 5.41) is 17.4. The van der Waals surface area contributed by atoms with Crippen molar-refractivity contribution in [3.05, 3.63) is 35.4 Å². The van der Waals surface area contributed by atoms with Gasteiger partial charge in [-0.05, 0) is 26.0 Å². The minimum absolute atomic E-state index is 0.0391. The summed E-state index contributed by atoms with van der Waals surface area (Å²) in [6, 6.07) is 1.09. The molecule has 5 amide bonds. The van der Waals surface area contributed by atoms with E-state index in [1.165, 1.54) is 65.0 Å². The Bertz CT molecular complexity index is 1250. The number of hydrogen-bond acceptors (Lipinski definition) is 11. The van der Waals surface area contributed by atoms with Crippen LogP contribution in [0.25, 0.3) is 0 Å². The molecule has 3 rings (SSSR count). The van der Waals surface area contributed by atoms with Crippen LogP contribution >= 0.6 is 11.8 Å². The number of hydrogen-bond donors (Lipinski definition) is 3. The first-order valence-electron chi connectivity index (χ1n) is 11.4. The van der Waals surface area contributed by atoms with Gasteiger partial charge in [0.1, 0.15) is 23.7 Å². The van der Waals surface area contributed by atoms with Crippen LogP contribution in [0.2, 0.25) is 0 Å². The lowest BCUT2D eigenvalue weighted by Gasteiger charge is -2.49. The minimum Gasteiger partial charge on any atom is -0.477 e. The van der Waals surface area contributed by atoms with Gasteiger partial charge in [0.2, 0.25) is 11.3 Å². The molecule has 1 aromatic rings. The van der Waals surface area contributed by atoms with Gasteiger partial charge in [-0.3, -0.25) is 29.4 Å². The number of nitrogens with zero attached hydrogens (tertiary/aromatic N) is 3.